The van der Waals surface area contributed by atoms with Crippen LogP contribution in [0, 0.1) is 5.82 Å². The van der Waals surface area contributed by atoms with E-state index in [0.29, 0.717) is 12.1 Å². The smallest absolute Gasteiger partial charge is 0.244 e. The maximum Gasteiger partial charge on any atom is 0.244 e. The van der Waals surface area contributed by atoms with E-state index in [1.807, 2.05) is 0 Å². The van der Waals surface area contributed by atoms with E-state index < -0.39 is 0 Å². The Kier molecular flexibility index (Phi) is 4.79. The summed E-state index contributed by atoms with van der Waals surface area (Å²) in [4.78, 5) is 19.5. The third-order valence-electron chi connectivity index (χ3n) is 3.31. The van der Waals surface area contributed by atoms with E-state index in [1.165, 1.54) is 30.6 Å². The van der Waals surface area contributed by atoms with Crippen LogP contribution >= 0.6 is 0 Å². The predicted octanol–water partition coefficient (Wildman–Crippen LogP) is 1.71. The third kappa shape index (κ3) is 4.47. The summed E-state index contributed by atoms with van der Waals surface area (Å²) in [6.07, 6.45) is 9.44. The second kappa shape index (κ2) is 7.35. The molecule has 0 saturated carbocycles. The maximum absolute atomic E-state index is 12.9. The SMILES string of the molecule is Nc1ncc(/C=C/C(=O)NCc2cnn(-c3ccc(F)cc3)c2)cn1. The van der Waals surface area contributed by atoms with Crippen LogP contribution in [0.15, 0.2) is 55.1 Å². The van der Waals surface area contributed by atoms with Crippen molar-refractivity contribution in [3.63, 3.8) is 0 Å². The highest BCUT2D eigenvalue weighted by atomic mass is 19.1. The molecule has 0 saturated heterocycles. The largest absolute Gasteiger partial charge is 0.368 e. The van der Waals surface area contributed by atoms with Crippen LogP contribution in [0.3, 0.4) is 0 Å². The van der Waals surface area contributed by atoms with Crippen LogP contribution in [-0.4, -0.2) is 25.7 Å². The zero-order valence-electron chi connectivity index (χ0n) is 13.1. The number of nitrogens with zero attached hydrogens (tertiary/aromatic N) is 4. The Morgan fingerprint density at radius 2 is 1.92 bits per heavy atom. The second-order valence-electron chi connectivity index (χ2n) is 5.20. The molecular weight excluding hydrogens is 323 g/mol. The van der Waals surface area contributed by atoms with Gasteiger partial charge in [-0.2, -0.15) is 5.10 Å². The van der Waals surface area contributed by atoms with E-state index in [2.05, 4.69) is 20.4 Å². The van der Waals surface area contributed by atoms with Gasteiger partial charge in [-0.1, -0.05) is 0 Å². The van der Waals surface area contributed by atoms with Crippen LogP contribution in [0.5, 0.6) is 0 Å². The first kappa shape index (κ1) is 16.3. The number of nitrogens with one attached hydrogen (secondary N) is 1. The lowest BCUT2D eigenvalue weighted by molar-refractivity contribution is -0.116. The number of hydrogen-bond acceptors (Lipinski definition) is 5. The first-order valence-corrected chi connectivity index (χ1v) is 7.43. The standard InChI is InChI=1S/C17H15FN6O/c18-14-2-4-15(5-3-14)24-11-13(10-23-24)9-20-16(25)6-1-12-7-21-17(19)22-8-12/h1-8,10-11H,9H2,(H,20,25)(H2,19,21,22)/b6-1+. The molecule has 1 aromatic carbocycles. The molecule has 8 heteroatoms. The molecule has 3 aromatic rings. The number of nitrogen functional groups attached to an aromatic ring is 1. The summed E-state index contributed by atoms with van der Waals surface area (Å²) in [5, 5.41) is 6.94. The summed E-state index contributed by atoms with van der Waals surface area (Å²) in [6, 6.07) is 5.98. The molecule has 3 rings (SSSR count). The van der Waals surface area contributed by atoms with Crippen molar-refractivity contribution in [2.75, 3.05) is 5.73 Å². The quantitative estimate of drug-likeness (QED) is 0.690. The molecule has 1 amide bonds. The lowest BCUT2D eigenvalue weighted by atomic mass is 10.3. The van der Waals surface area contributed by atoms with Crippen LogP contribution in [0.1, 0.15) is 11.1 Å². The number of anilines is 1. The molecule has 25 heavy (non-hydrogen) atoms. The minimum atomic E-state index is -0.304. The number of aromatic nitrogens is 4. The Morgan fingerprint density at radius 3 is 2.64 bits per heavy atom. The molecule has 0 bridgehead atoms. The van der Waals surface area contributed by atoms with Gasteiger partial charge in [-0.3, -0.25) is 4.79 Å². The van der Waals surface area contributed by atoms with Crippen molar-refractivity contribution in [3.8, 4) is 5.69 Å². The average molecular weight is 338 g/mol. The predicted molar refractivity (Wildman–Crippen MR) is 90.8 cm³/mol. The van der Waals surface area contributed by atoms with Gasteiger partial charge in [-0.15, -0.1) is 0 Å². The topological polar surface area (TPSA) is 98.7 Å². The average Bonchev–Trinajstić information content (AvgIpc) is 3.09. The highest BCUT2D eigenvalue weighted by Gasteiger charge is 2.03. The number of halogens is 1. The Labute approximate surface area is 143 Å². The molecule has 0 aliphatic heterocycles. The van der Waals surface area contributed by atoms with E-state index in [1.54, 1.807) is 35.3 Å². The molecule has 0 radical (unpaired) electrons. The molecule has 0 fully saturated rings. The summed E-state index contributed by atoms with van der Waals surface area (Å²) in [5.41, 5.74) is 7.63. The minimum absolute atomic E-state index is 0.180. The van der Waals surface area contributed by atoms with Crippen molar-refractivity contribution in [3.05, 3.63) is 72.1 Å². The molecule has 0 aliphatic rings. The molecule has 0 spiro atoms. The normalized spacial score (nSPS) is 10.9. The van der Waals surface area contributed by atoms with Gasteiger partial charge in [0, 0.05) is 42.3 Å². The van der Waals surface area contributed by atoms with Crippen molar-refractivity contribution in [1.82, 2.24) is 25.1 Å². The van der Waals surface area contributed by atoms with E-state index >= 15 is 0 Å². The van der Waals surface area contributed by atoms with Crippen molar-refractivity contribution >= 4 is 17.9 Å². The summed E-state index contributed by atoms with van der Waals surface area (Å²) in [5.74, 6) is -0.382. The van der Waals surface area contributed by atoms with E-state index in [4.69, 9.17) is 5.73 Å². The van der Waals surface area contributed by atoms with Gasteiger partial charge in [0.05, 0.1) is 11.9 Å². The summed E-state index contributed by atoms with van der Waals surface area (Å²) in [6.45, 7) is 0.322. The number of nitrogens with two attached hydrogens (primary N) is 1. The van der Waals surface area contributed by atoms with Crippen LogP contribution in [0.25, 0.3) is 11.8 Å². The van der Waals surface area contributed by atoms with Crippen LogP contribution in [-0.2, 0) is 11.3 Å². The van der Waals surface area contributed by atoms with Gasteiger partial charge in [-0.25, -0.2) is 19.0 Å². The second-order valence-corrected chi connectivity index (χ2v) is 5.20. The molecule has 2 aromatic heterocycles. The number of rotatable bonds is 5. The van der Waals surface area contributed by atoms with Gasteiger partial charge in [-0.05, 0) is 30.3 Å². The first-order valence-electron chi connectivity index (χ1n) is 7.43. The van der Waals surface area contributed by atoms with E-state index in [0.717, 1.165) is 11.3 Å². The van der Waals surface area contributed by atoms with Gasteiger partial charge in [0.1, 0.15) is 5.82 Å². The first-order chi connectivity index (χ1) is 12.1. The van der Waals surface area contributed by atoms with Crippen LogP contribution in [0.2, 0.25) is 0 Å². The number of benzene rings is 1. The molecule has 0 aliphatic carbocycles. The van der Waals surface area contributed by atoms with Crippen molar-refractivity contribution < 1.29 is 9.18 Å². The highest BCUT2D eigenvalue weighted by Crippen LogP contribution is 2.09. The minimum Gasteiger partial charge on any atom is -0.368 e. The molecule has 0 atom stereocenters. The lowest BCUT2D eigenvalue weighted by Gasteiger charge is -2.01. The van der Waals surface area contributed by atoms with Crippen LogP contribution < -0.4 is 11.1 Å². The number of carbonyl (C=O) groups is 1. The summed E-state index contributed by atoms with van der Waals surface area (Å²) < 4.78 is 14.5. The fraction of sp³-hybridized carbons (Fsp3) is 0.0588. The molecule has 2 heterocycles. The number of amides is 1. The molecule has 0 unspecified atom stereocenters. The van der Waals surface area contributed by atoms with Gasteiger partial charge in [0.15, 0.2) is 0 Å². The van der Waals surface area contributed by atoms with Gasteiger partial charge in [0.25, 0.3) is 0 Å². The fourth-order valence-corrected chi connectivity index (χ4v) is 2.04. The molecule has 7 nitrogen and oxygen atoms in total. The van der Waals surface area contributed by atoms with Crippen molar-refractivity contribution in [1.29, 1.82) is 0 Å². The van der Waals surface area contributed by atoms with Gasteiger partial charge < -0.3 is 11.1 Å². The maximum atomic E-state index is 12.9. The summed E-state index contributed by atoms with van der Waals surface area (Å²) >= 11 is 0. The summed E-state index contributed by atoms with van der Waals surface area (Å²) in [7, 11) is 0. The Hall–Kier alpha value is -3.55. The van der Waals surface area contributed by atoms with Crippen LogP contribution in [0.4, 0.5) is 10.3 Å². The van der Waals surface area contributed by atoms with Gasteiger partial charge in [0.2, 0.25) is 11.9 Å². The Balaban J connectivity index is 1.55. The fourth-order valence-electron chi connectivity index (χ4n) is 2.04. The monoisotopic (exact) mass is 338 g/mol. The van der Waals surface area contributed by atoms with E-state index in [9.17, 15) is 9.18 Å². The van der Waals surface area contributed by atoms with E-state index in [-0.39, 0.29) is 17.7 Å². The van der Waals surface area contributed by atoms with Crippen molar-refractivity contribution in [2.45, 2.75) is 6.54 Å². The zero-order valence-corrected chi connectivity index (χ0v) is 13.1. The molecule has 3 N–H and O–H groups in total. The third-order valence-corrected chi connectivity index (χ3v) is 3.31. The lowest BCUT2D eigenvalue weighted by Crippen LogP contribution is -2.19. The highest BCUT2D eigenvalue weighted by molar-refractivity contribution is 5.91. The molecule has 126 valence electrons. The van der Waals surface area contributed by atoms with Gasteiger partial charge >= 0.3 is 0 Å². The Bertz CT molecular complexity index is 886. The molecular formula is C17H15FN6O. The zero-order chi connectivity index (χ0) is 17.6. The number of hydrogen-bond donors (Lipinski definition) is 2. The Morgan fingerprint density at radius 1 is 1.20 bits per heavy atom. The van der Waals surface area contributed by atoms with Crippen molar-refractivity contribution in [2.24, 2.45) is 0 Å². The number of carbonyl (C=O) groups excluding carboxylic acids is 1.